The molecule has 7 heteroatoms. The van der Waals surface area contributed by atoms with Gasteiger partial charge in [0.15, 0.2) is 9.84 Å². The Bertz CT molecular complexity index is 865. The van der Waals surface area contributed by atoms with Crippen molar-refractivity contribution >= 4 is 21.4 Å². The summed E-state index contributed by atoms with van der Waals surface area (Å²) >= 11 is 0. The van der Waals surface area contributed by atoms with Crippen LogP contribution in [0.25, 0.3) is 0 Å². The maximum Gasteiger partial charge on any atom is 0.238 e. The molecule has 0 radical (unpaired) electrons. The van der Waals surface area contributed by atoms with Crippen LogP contribution in [0.2, 0.25) is 0 Å². The van der Waals surface area contributed by atoms with E-state index >= 15 is 0 Å². The first kappa shape index (κ1) is 20.1. The van der Waals surface area contributed by atoms with Gasteiger partial charge >= 0.3 is 0 Å². The standard InChI is InChI=1S/C19H23FN2O3S/c1-13(2)19(14-8-10-15(20)11-9-14)21-12-18(23)22-16-6-4-5-7-17(16)26(3,24)25/h4-11,13,19,21H,12H2,1-3H3,(H,22,23). The van der Waals surface area contributed by atoms with Crippen LogP contribution in [0.4, 0.5) is 10.1 Å². The fourth-order valence-electron chi connectivity index (χ4n) is 2.70. The van der Waals surface area contributed by atoms with E-state index in [2.05, 4.69) is 10.6 Å². The molecule has 0 aliphatic rings. The van der Waals surface area contributed by atoms with E-state index in [-0.39, 0.29) is 40.8 Å². The Morgan fingerprint density at radius 1 is 1.08 bits per heavy atom. The van der Waals surface area contributed by atoms with E-state index in [0.717, 1.165) is 11.8 Å². The molecule has 0 saturated carbocycles. The Balaban J connectivity index is 2.07. The zero-order valence-electron chi connectivity index (χ0n) is 15.0. The maximum atomic E-state index is 13.1. The number of hydrogen-bond donors (Lipinski definition) is 2. The van der Waals surface area contributed by atoms with Gasteiger partial charge in [-0.25, -0.2) is 12.8 Å². The van der Waals surface area contributed by atoms with Crippen LogP contribution in [-0.2, 0) is 14.6 Å². The van der Waals surface area contributed by atoms with Gasteiger partial charge in [-0.3, -0.25) is 4.79 Å². The lowest BCUT2D eigenvalue weighted by molar-refractivity contribution is -0.115. The van der Waals surface area contributed by atoms with Crippen molar-refractivity contribution in [2.75, 3.05) is 18.1 Å². The summed E-state index contributed by atoms with van der Waals surface area (Å²) < 4.78 is 36.7. The van der Waals surface area contributed by atoms with Crippen molar-refractivity contribution < 1.29 is 17.6 Å². The molecule has 26 heavy (non-hydrogen) atoms. The number of amides is 1. The minimum Gasteiger partial charge on any atom is -0.324 e. The third kappa shape index (κ3) is 5.37. The molecular formula is C19H23FN2O3S. The van der Waals surface area contributed by atoms with Crippen LogP contribution >= 0.6 is 0 Å². The Morgan fingerprint density at radius 2 is 1.69 bits per heavy atom. The average molecular weight is 378 g/mol. The van der Waals surface area contributed by atoms with E-state index in [0.29, 0.717) is 0 Å². The highest BCUT2D eigenvalue weighted by Crippen LogP contribution is 2.22. The molecule has 2 rings (SSSR count). The van der Waals surface area contributed by atoms with Crippen LogP contribution in [0.1, 0.15) is 25.5 Å². The number of hydrogen-bond acceptors (Lipinski definition) is 4. The fraction of sp³-hybridized carbons (Fsp3) is 0.316. The van der Waals surface area contributed by atoms with Crippen LogP contribution in [0.3, 0.4) is 0 Å². The lowest BCUT2D eigenvalue weighted by Gasteiger charge is -2.23. The zero-order chi connectivity index (χ0) is 19.3. The van der Waals surface area contributed by atoms with Crippen LogP contribution < -0.4 is 10.6 Å². The molecule has 0 spiro atoms. The highest BCUT2D eigenvalue weighted by molar-refractivity contribution is 7.90. The van der Waals surface area contributed by atoms with Crippen LogP contribution in [0.5, 0.6) is 0 Å². The first-order valence-electron chi connectivity index (χ1n) is 8.26. The molecule has 0 fully saturated rings. The normalized spacial score (nSPS) is 12.8. The molecular weight excluding hydrogens is 355 g/mol. The van der Waals surface area contributed by atoms with Crippen LogP contribution in [-0.4, -0.2) is 27.1 Å². The highest BCUT2D eigenvalue weighted by atomic mass is 32.2. The second-order valence-corrected chi connectivity index (χ2v) is 8.45. The molecule has 2 N–H and O–H groups in total. The number of carbonyl (C=O) groups is 1. The van der Waals surface area contributed by atoms with Crippen molar-refractivity contribution in [2.24, 2.45) is 5.92 Å². The first-order valence-corrected chi connectivity index (χ1v) is 10.2. The van der Waals surface area contributed by atoms with Crippen LogP contribution in [0.15, 0.2) is 53.4 Å². The second kappa shape index (κ2) is 8.42. The Kier molecular flexibility index (Phi) is 6.50. The smallest absolute Gasteiger partial charge is 0.238 e. The van der Waals surface area contributed by atoms with Gasteiger partial charge in [-0.15, -0.1) is 0 Å². The number of para-hydroxylation sites is 1. The van der Waals surface area contributed by atoms with Gasteiger partial charge in [0.1, 0.15) is 5.82 Å². The molecule has 0 aliphatic heterocycles. The molecule has 140 valence electrons. The lowest BCUT2D eigenvalue weighted by Crippen LogP contribution is -2.33. The number of anilines is 1. The van der Waals surface area contributed by atoms with Gasteiger partial charge in [0.25, 0.3) is 0 Å². The Hall–Kier alpha value is -2.25. The molecule has 0 heterocycles. The third-order valence-electron chi connectivity index (χ3n) is 3.94. The summed E-state index contributed by atoms with van der Waals surface area (Å²) in [7, 11) is -3.44. The van der Waals surface area contributed by atoms with Gasteiger partial charge in [0.2, 0.25) is 5.91 Å². The van der Waals surface area contributed by atoms with Crippen molar-refractivity contribution in [1.29, 1.82) is 0 Å². The summed E-state index contributed by atoms with van der Waals surface area (Å²) in [6, 6.07) is 12.3. The minimum atomic E-state index is -3.44. The summed E-state index contributed by atoms with van der Waals surface area (Å²) in [5.74, 6) is -0.489. The van der Waals surface area contributed by atoms with Gasteiger partial charge in [0.05, 0.1) is 17.1 Å². The summed E-state index contributed by atoms with van der Waals surface area (Å²) in [6.07, 6.45) is 1.10. The molecule has 0 saturated heterocycles. The predicted octanol–water partition coefficient (Wildman–Crippen LogP) is 3.15. The quantitative estimate of drug-likeness (QED) is 0.776. The summed E-state index contributed by atoms with van der Waals surface area (Å²) in [6.45, 7) is 3.99. The number of carbonyl (C=O) groups excluding carboxylic acids is 1. The molecule has 1 atom stereocenters. The van der Waals surface area contributed by atoms with Crippen LogP contribution in [0, 0.1) is 11.7 Å². The Morgan fingerprint density at radius 3 is 2.27 bits per heavy atom. The fourth-order valence-corrected chi connectivity index (χ4v) is 3.54. The maximum absolute atomic E-state index is 13.1. The first-order chi connectivity index (χ1) is 12.2. The Labute approximate surface area is 153 Å². The highest BCUT2D eigenvalue weighted by Gasteiger charge is 2.18. The van der Waals surface area contributed by atoms with Crippen molar-refractivity contribution in [3.05, 3.63) is 59.9 Å². The molecule has 0 aromatic heterocycles. The van der Waals surface area contributed by atoms with E-state index in [4.69, 9.17) is 0 Å². The molecule has 2 aromatic carbocycles. The van der Waals surface area contributed by atoms with Crippen molar-refractivity contribution in [3.63, 3.8) is 0 Å². The number of nitrogens with one attached hydrogen (secondary N) is 2. The second-order valence-electron chi connectivity index (χ2n) is 6.47. The lowest BCUT2D eigenvalue weighted by atomic mass is 9.96. The number of rotatable bonds is 7. The van der Waals surface area contributed by atoms with E-state index < -0.39 is 9.84 Å². The molecule has 0 bridgehead atoms. The van der Waals surface area contributed by atoms with E-state index in [1.54, 1.807) is 30.3 Å². The molecule has 1 unspecified atom stereocenters. The summed E-state index contributed by atoms with van der Waals surface area (Å²) in [5, 5.41) is 5.78. The average Bonchev–Trinajstić information content (AvgIpc) is 2.56. The van der Waals surface area contributed by atoms with Gasteiger partial charge in [-0.1, -0.05) is 38.1 Å². The van der Waals surface area contributed by atoms with Crippen molar-refractivity contribution in [1.82, 2.24) is 5.32 Å². The van der Waals surface area contributed by atoms with Gasteiger partial charge < -0.3 is 10.6 Å². The van der Waals surface area contributed by atoms with E-state index in [9.17, 15) is 17.6 Å². The molecule has 5 nitrogen and oxygen atoms in total. The molecule has 2 aromatic rings. The van der Waals surface area contributed by atoms with E-state index in [1.165, 1.54) is 18.2 Å². The van der Waals surface area contributed by atoms with Gasteiger partial charge in [-0.2, -0.15) is 0 Å². The minimum absolute atomic E-state index is 0.00167. The molecule has 1 amide bonds. The number of sulfone groups is 1. The predicted molar refractivity (Wildman–Crippen MR) is 100 cm³/mol. The van der Waals surface area contributed by atoms with Crippen molar-refractivity contribution in [3.8, 4) is 0 Å². The molecule has 0 aliphatic carbocycles. The topological polar surface area (TPSA) is 75.3 Å². The number of benzene rings is 2. The van der Waals surface area contributed by atoms with Gasteiger partial charge in [-0.05, 0) is 35.7 Å². The van der Waals surface area contributed by atoms with E-state index in [1.807, 2.05) is 13.8 Å². The summed E-state index contributed by atoms with van der Waals surface area (Å²) in [5.41, 5.74) is 1.13. The third-order valence-corrected chi connectivity index (χ3v) is 5.09. The largest absolute Gasteiger partial charge is 0.324 e. The van der Waals surface area contributed by atoms with Crippen molar-refractivity contribution in [2.45, 2.75) is 24.8 Å². The summed E-state index contributed by atoms with van der Waals surface area (Å²) in [4.78, 5) is 12.4. The van der Waals surface area contributed by atoms with Gasteiger partial charge in [0, 0.05) is 12.3 Å². The SMILES string of the molecule is CC(C)C(NCC(=O)Nc1ccccc1S(C)(=O)=O)c1ccc(F)cc1. The monoisotopic (exact) mass is 378 g/mol. The zero-order valence-corrected chi connectivity index (χ0v) is 15.8. The number of halogens is 1.